The predicted molar refractivity (Wildman–Crippen MR) is 118 cm³/mol. The normalized spacial score (nSPS) is 22.0. The van der Waals surface area contributed by atoms with Crippen molar-refractivity contribution in [3.63, 3.8) is 0 Å². The van der Waals surface area contributed by atoms with Crippen LogP contribution >= 0.6 is 0 Å². The van der Waals surface area contributed by atoms with Crippen molar-refractivity contribution in [3.05, 3.63) is 54.2 Å². The molecule has 3 amide bonds. The standard InChI is InChI=1S/C23H29N5O3/c1-23(11-10-18-6-8-19(31-2)9-7-18)21(29)28(22(30)25-23)17-26-13-15-27(16-14-26)20-5-3-4-12-24-20/h3-9,12H,10-11,13-17H2,1-2H3,(H,25,30)/t23-/m0/s1. The topological polar surface area (TPSA) is 78.0 Å². The van der Waals surface area contributed by atoms with Crippen LogP contribution in [0, 0.1) is 0 Å². The van der Waals surface area contributed by atoms with Crippen LogP contribution in [0.1, 0.15) is 18.9 Å². The summed E-state index contributed by atoms with van der Waals surface area (Å²) < 4.78 is 5.19. The van der Waals surface area contributed by atoms with Crippen molar-refractivity contribution < 1.29 is 14.3 Å². The van der Waals surface area contributed by atoms with Gasteiger partial charge in [-0.3, -0.25) is 9.69 Å². The first-order valence-corrected chi connectivity index (χ1v) is 10.6. The number of aryl methyl sites for hydroxylation is 1. The van der Waals surface area contributed by atoms with Crippen molar-refractivity contribution in [2.24, 2.45) is 0 Å². The molecule has 0 unspecified atom stereocenters. The van der Waals surface area contributed by atoms with E-state index in [0.29, 0.717) is 19.5 Å². The summed E-state index contributed by atoms with van der Waals surface area (Å²) in [5, 5.41) is 2.91. The largest absolute Gasteiger partial charge is 0.497 e. The van der Waals surface area contributed by atoms with E-state index in [0.717, 1.165) is 43.3 Å². The molecule has 164 valence electrons. The minimum Gasteiger partial charge on any atom is -0.497 e. The minimum atomic E-state index is -0.882. The summed E-state index contributed by atoms with van der Waals surface area (Å²) in [7, 11) is 1.63. The molecule has 0 bridgehead atoms. The zero-order valence-electron chi connectivity index (χ0n) is 18.1. The Bertz CT molecular complexity index is 913. The van der Waals surface area contributed by atoms with Gasteiger partial charge in [0.15, 0.2) is 0 Å². The second-order valence-corrected chi connectivity index (χ2v) is 8.28. The van der Waals surface area contributed by atoms with Gasteiger partial charge in [0, 0.05) is 32.4 Å². The van der Waals surface area contributed by atoms with Gasteiger partial charge in [-0.2, -0.15) is 0 Å². The number of imide groups is 1. The van der Waals surface area contributed by atoms with Gasteiger partial charge < -0.3 is 15.0 Å². The number of anilines is 1. The summed E-state index contributed by atoms with van der Waals surface area (Å²) in [6, 6.07) is 13.4. The SMILES string of the molecule is COc1ccc(CC[C@]2(C)NC(=O)N(CN3CCN(c4ccccn4)CC3)C2=O)cc1. The number of carbonyl (C=O) groups excluding carboxylic acids is 2. The third kappa shape index (κ3) is 4.64. The third-order valence-electron chi connectivity index (χ3n) is 6.10. The van der Waals surface area contributed by atoms with Gasteiger partial charge in [-0.15, -0.1) is 0 Å². The molecule has 4 rings (SSSR count). The fourth-order valence-electron chi connectivity index (χ4n) is 4.09. The van der Waals surface area contributed by atoms with Crippen molar-refractivity contribution in [3.8, 4) is 5.75 Å². The zero-order chi connectivity index (χ0) is 21.8. The van der Waals surface area contributed by atoms with Crippen LogP contribution in [0.25, 0.3) is 0 Å². The number of pyridine rings is 1. The molecule has 0 aliphatic carbocycles. The third-order valence-corrected chi connectivity index (χ3v) is 6.10. The Balaban J connectivity index is 1.31. The highest BCUT2D eigenvalue weighted by Gasteiger charge is 2.47. The van der Waals surface area contributed by atoms with E-state index in [4.69, 9.17) is 4.74 Å². The molecule has 2 saturated heterocycles. The fraction of sp³-hybridized carbons (Fsp3) is 0.435. The number of aromatic nitrogens is 1. The molecule has 0 radical (unpaired) electrons. The maximum absolute atomic E-state index is 13.1. The molecule has 31 heavy (non-hydrogen) atoms. The summed E-state index contributed by atoms with van der Waals surface area (Å²) in [4.78, 5) is 35.8. The van der Waals surface area contributed by atoms with Crippen LogP contribution in [0.3, 0.4) is 0 Å². The number of carbonyl (C=O) groups is 2. The number of amides is 3. The lowest BCUT2D eigenvalue weighted by Gasteiger charge is -2.36. The van der Waals surface area contributed by atoms with Crippen LogP contribution in [-0.4, -0.2) is 72.2 Å². The molecule has 3 heterocycles. The van der Waals surface area contributed by atoms with Gasteiger partial charge in [0.2, 0.25) is 0 Å². The molecule has 8 nitrogen and oxygen atoms in total. The van der Waals surface area contributed by atoms with Gasteiger partial charge in [-0.05, 0) is 49.6 Å². The summed E-state index contributed by atoms with van der Waals surface area (Å²) in [6.45, 7) is 5.31. The van der Waals surface area contributed by atoms with E-state index < -0.39 is 5.54 Å². The van der Waals surface area contributed by atoms with Crippen molar-refractivity contribution in [2.45, 2.75) is 25.3 Å². The highest BCUT2D eigenvalue weighted by molar-refractivity contribution is 6.06. The number of hydrogen-bond acceptors (Lipinski definition) is 6. The fourth-order valence-corrected chi connectivity index (χ4v) is 4.09. The lowest BCUT2D eigenvalue weighted by Crippen LogP contribution is -2.52. The Morgan fingerprint density at radius 1 is 1.06 bits per heavy atom. The van der Waals surface area contributed by atoms with E-state index in [9.17, 15) is 9.59 Å². The first-order chi connectivity index (χ1) is 15.0. The molecule has 2 aromatic rings. The first kappa shape index (κ1) is 21.1. The molecular weight excluding hydrogens is 394 g/mol. The van der Waals surface area contributed by atoms with Crippen molar-refractivity contribution in [2.75, 3.05) is 44.9 Å². The zero-order valence-corrected chi connectivity index (χ0v) is 18.1. The van der Waals surface area contributed by atoms with E-state index >= 15 is 0 Å². The Hall–Kier alpha value is -3.13. The average Bonchev–Trinajstić information content (AvgIpc) is 3.02. The highest BCUT2D eigenvalue weighted by Crippen LogP contribution is 2.24. The van der Waals surface area contributed by atoms with Crippen LogP contribution < -0.4 is 15.0 Å². The number of urea groups is 1. The van der Waals surface area contributed by atoms with E-state index in [1.807, 2.05) is 49.4 Å². The Morgan fingerprint density at radius 3 is 2.45 bits per heavy atom. The van der Waals surface area contributed by atoms with E-state index in [1.54, 1.807) is 13.3 Å². The van der Waals surface area contributed by atoms with Gasteiger partial charge in [-0.25, -0.2) is 14.7 Å². The van der Waals surface area contributed by atoms with Crippen molar-refractivity contribution >= 4 is 17.8 Å². The number of methoxy groups -OCH3 is 1. The van der Waals surface area contributed by atoms with Gasteiger partial charge in [0.25, 0.3) is 5.91 Å². The van der Waals surface area contributed by atoms with E-state index in [-0.39, 0.29) is 11.9 Å². The summed E-state index contributed by atoms with van der Waals surface area (Å²) in [5.74, 6) is 1.61. The predicted octanol–water partition coefficient (Wildman–Crippen LogP) is 2.11. The second-order valence-electron chi connectivity index (χ2n) is 8.28. The molecule has 1 atom stereocenters. The summed E-state index contributed by atoms with van der Waals surface area (Å²) >= 11 is 0. The molecular formula is C23H29N5O3. The number of nitrogens with zero attached hydrogens (tertiary/aromatic N) is 4. The van der Waals surface area contributed by atoms with E-state index in [1.165, 1.54) is 4.90 Å². The van der Waals surface area contributed by atoms with Gasteiger partial charge in [0.05, 0.1) is 13.8 Å². The number of hydrogen-bond donors (Lipinski definition) is 1. The molecule has 2 fully saturated rings. The monoisotopic (exact) mass is 423 g/mol. The summed E-state index contributed by atoms with van der Waals surface area (Å²) in [5.41, 5.74) is 0.223. The second kappa shape index (κ2) is 8.93. The molecule has 1 aromatic carbocycles. The Kier molecular flexibility index (Phi) is 6.08. The number of ether oxygens (including phenoxy) is 1. The van der Waals surface area contributed by atoms with Crippen molar-refractivity contribution in [1.29, 1.82) is 0 Å². The van der Waals surface area contributed by atoms with Crippen LogP contribution in [-0.2, 0) is 11.2 Å². The minimum absolute atomic E-state index is 0.154. The van der Waals surface area contributed by atoms with Gasteiger partial charge in [-0.1, -0.05) is 18.2 Å². The van der Waals surface area contributed by atoms with Crippen LogP contribution in [0.15, 0.2) is 48.7 Å². The maximum Gasteiger partial charge on any atom is 0.326 e. The van der Waals surface area contributed by atoms with Crippen LogP contribution in [0.5, 0.6) is 5.75 Å². The maximum atomic E-state index is 13.1. The smallest absolute Gasteiger partial charge is 0.326 e. The van der Waals surface area contributed by atoms with E-state index in [2.05, 4.69) is 20.1 Å². The summed E-state index contributed by atoms with van der Waals surface area (Å²) in [6.07, 6.45) is 3.04. The number of piperazine rings is 1. The number of benzene rings is 1. The molecule has 8 heteroatoms. The quantitative estimate of drug-likeness (QED) is 0.688. The van der Waals surface area contributed by atoms with Crippen LogP contribution in [0.2, 0.25) is 0 Å². The lowest BCUT2D eigenvalue weighted by molar-refractivity contribution is -0.132. The van der Waals surface area contributed by atoms with Gasteiger partial charge in [0.1, 0.15) is 17.1 Å². The first-order valence-electron chi connectivity index (χ1n) is 10.6. The van der Waals surface area contributed by atoms with Gasteiger partial charge >= 0.3 is 6.03 Å². The average molecular weight is 424 g/mol. The number of nitrogens with one attached hydrogen (secondary N) is 1. The Morgan fingerprint density at radius 2 is 1.81 bits per heavy atom. The molecule has 2 aliphatic rings. The molecule has 2 aliphatic heterocycles. The van der Waals surface area contributed by atoms with Crippen LogP contribution in [0.4, 0.5) is 10.6 Å². The molecule has 0 saturated carbocycles. The molecule has 0 spiro atoms. The van der Waals surface area contributed by atoms with Crippen molar-refractivity contribution in [1.82, 2.24) is 20.1 Å². The molecule has 1 N–H and O–H groups in total. The highest BCUT2D eigenvalue weighted by atomic mass is 16.5. The molecule has 1 aromatic heterocycles. The Labute approximate surface area is 182 Å². The lowest BCUT2D eigenvalue weighted by atomic mass is 9.93. The number of rotatable bonds is 7.